The lowest BCUT2D eigenvalue weighted by Gasteiger charge is -2.34. The molecule has 2 aliphatic rings. The summed E-state index contributed by atoms with van der Waals surface area (Å²) in [5.74, 6) is 1.47. The van der Waals surface area contributed by atoms with Gasteiger partial charge in [0.05, 0.1) is 11.9 Å². The van der Waals surface area contributed by atoms with Crippen LogP contribution in [0.25, 0.3) is 0 Å². The lowest BCUT2D eigenvalue weighted by atomic mass is 9.84. The summed E-state index contributed by atoms with van der Waals surface area (Å²) >= 11 is 0. The highest BCUT2D eigenvalue weighted by Crippen LogP contribution is 2.30. The van der Waals surface area contributed by atoms with Crippen molar-refractivity contribution in [2.75, 3.05) is 39.0 Å². The highest BCUT2D eigenvalue weighted by atomic mass is 32.2. The Morgan fingerprint density at radius 1 is 1.16 bits per heavy atom. The maximum Gasteiger partial charge on any atom is 0.216 e. The molecule has 2 aliphatic heterocycles. The second-order valence-electron chi connectivity index (χ2n) is 7.32. The minimum absolute atomic E-state index is 0.0635. The number of piperidine rings is 1. The van der Waals surface area contributed by atoms with Gasteiger partial charge in [-0.2, -0.15) is 0 Å². The lowest BCUT2D eigenvalue weighted by molar-refractivity contribution is 0.119. The number of hydrogen-bond acceptors (Lipinski definition) is 4. The number of rotatable bonds is 7. The smallest absolute Gasteiger partial charge is 0.216 e. The molecule has 2 saturated heterocycles. The topological polar surface area (TPSA) is 58.6 Å². The molecular weight excluding hydrogens is 336 g/mol. The molecule has 1 aromatic rings. The van der Waals surface area contributed by atoms with E-state index in [9.17, 15) is 8.42 Å². The molecule has 2 atom stereocenters. The fourth-order valence-electron chi connectivity index (χ4n) is 4.13. The van der Waals surface area contributed by atoms with Gasteiger partial charge in [0, 0.05) is 20.2 Å². The predicted octanol–water partition coefficient (Wildman–Crippen LogP) is 1.90. The molecular formula is C19H30N2O3S. The lowest BCUT2D eigenvalue weighted by Crippen LogP contribution is -2.43. The van der Waals surface area contributed by atoms with E-state index >= 15 is 0 Å². The molecule has 0 bridgehead atoms. The van der Waals surface area contributed by atoms with Gasteiger partial charge in [-0.3, -0.25) is 0 Å². The molecule has 2 unspecified atom stereocenters. The Kier molecular flexibility index (Phi) is 6.49. The summed E-state index contributed by atoms with van der Waals surface area (Å²) in [5.41, 5.74) is 1.11. The number of hydrogen-bond donors (Lipinski definition) is 1. The molecule has 0 spiro atoms. The fraction of sp³-hybridized carbons (Fsp3) is 0.684. The van der Waals surface area contributed by atoms with E-state index in [1.165, 1.54) is 6.42 Å². The maximum absolute atomic E-state index is 12.8. The highest BCUT2D eigenvalue weighted by molar-refractivity contribution is 7.89. The first-order chi connectivity index (χ1) is 12.1. The zero-order valence-corrected chi connectivity index (χ0v) is 15.9. The summed E-state index contributed by atoms with van der Waals surface area (Å²) in [6, 6.07) is 9.93. The third-order valence-corrected chi connectivity index (χ3v) is 7.64. The standard InChI is InChI=1S/C19H30N2O3S/c1-24-19(13-16-5-3-2-4-6-16)15-25(22,23)21-11-8-17(9-12-21)18-7-10-20-14-18/h2-6,17-20H,7-15H2,1H3. The Hall–Kier alpha value is -0.950. The Morgan fingerprint density at radius 3 is 2.48 bits per heavy atom. The summed E-state index contributed by atoms with van der Waals surface area (Å²) in [5, 5.41) is 3.42. The van der Waals surface area contributed by atoms with Crippen molar-refractivity contribution in [1.29, 1.82) is 0 Å². The van der Waals surface area contributed by atoms with Crippen molar-refractivity contribution in [3.8, 4) is 0 Å². The van der Waals surface area contributed by atoms with E-state index in [4.69, 9.17) is 4.74 Å². The Labute approximate surface area is 151 Å². The Morgan fingerprint density at radius 2 is 1.88 bits per heavy atom. The van der Waals surface area contributed by atoms with Crippen LogP contribution < -0.4 is 5.32 Å². The van der Waals surface area contributed by atoms with Crippen molar-refractivity contribution in [3.05, 3.63) is 35.9 Å². The molecule has 1 aromatic carbocycles. The molecule has 0 saturated carbocycles. The zero-order valence-electron chi connectivity index (χ0n) is 15.1. The largest absolute Gasteiger partial charge is 0.380 e. The van der Waals surface area contributed by atoms with Gasteiger partial charge < -0.3 is 10.1 Å². The van der Waals surface area contributed by atoms with Crippen LogP contribution in [0.4, 0.5) is 0 Å². The van der Waals surface area contributed by atoms with Gasteiger partial charge in [0.2, 0.25) is 10.0 Å². The average molecular weight is 367 g/mol. The molecule has 0 aliphatic carbocycles. The molecule has 6 heteroatoms. The Bertz CT molecular complexity index is 621. The van der Waals surface area contributed by atoms with Crippen LogP contribution in [0, 0.1) is 11.8 Å². The molecule has 2 fully saturated rings. The molecule has 0 aromatic heterocycles. The van der Waals surface area contributed by atoms with Gasteiger partial charge in [0.25, 0.3) is 0 Å². The van der Waals surface area contributed by atoms with Crippen molar-refractivity contribution < 1.29 is 13.2 Å². The van der Waals surface area contributed by atoms with E-state index in [0.29, 0.717) is 25.4 Å². The number of nitrogens with one attached hydrogen (secondary N) is 1. The molecule has 140 valence electrons. The van der Waals surface area contributed by atoms with Crippen molar-refractivity contribution in [2.45, 2.75) is 31.8 Å². The molecule has 3 rings (SSSR count). The molecule has 1 N–H and O–H groups in total. The van der Waals surface area contributed by atoms with E-state index in [1.807, 2.05) is 30.3 Å². The van der Waals surface area contributed by atoms with E-state index in [-0.39, 0.29) is 11.9 Å². The van der Waals surface area contributed by atoms with E-state index in [1.54, 1.807) is 11.4 Å². The second kappa shape index (κ2) is 8.62. The monoisotopic (exact) mass is 366 g/mol. The van der Waals surface area contributed by atoms with Gasteiger partial charge in [0.1, 0.15) is 0 Å². The normalized spacial score (nSPS) is 24.4. The van der Waals surface area contributed by atoms with Crippen LogP contribution in [0.1, 0.15) is 24.8 Å². The van der Waals surface area contributed by atoms with Crippen LogP contribution in [0.3, 0.4) is 0 Å². The molecule has 0 radical (unpaired) electrons. The SMILES string of the molecule is COC(Cc1ccccc1)CS(=O)(=O)N1CCC(C2CCNC2)CC1. The average Bonchev–Trinajstić information content (AvgIpc) is 3.17. The third kappa shape index (κ3) is 5.03. The van der Waals surface area contributed by atoms with E-state index in [0.717, 1.165) is 37.4 Å². The number of methoxy groups -OCH3 is 1. The number of nitrogens with zero attached hydrogens (tertiary/aromatic N) is 1. The van der Waals surface area contributed by atoms with Crippen LogP contribution in [-0.2, 0) is 21.2 Å². The van der Waals surface area contributed by atoms with Gasteiger partial charge in [-0.1, -0.05) is 30.3 Å². The quantitative estimate of drug-likeness (QED) is 0.801. The van der Waals surface area contributed by atoms with Crippen molar-refractivity contribution in [2.24, 2.45) is 11.8 Å². The number of benzene rings is 1. The minimum atomic E-state index is -3.27. The Balaban J connectivity index is 1.54. The first kappa shape index (κ1) is 18.8. The van der Waals surface area contributed by atoms with Crippen molar-refractivity contribution >= 4 is 10.0 Å². The van der Waals surface area contributed by atoms with Crippen molar-refractivity contribution in [3.63, 3.8) is 0 Å². The summed E-state index contributed by atoms with van der Waals surface area (Å²) < 4.78 is 32.8. The first-order valence-corrected chi connectivity index (χ1v) is 10.9. The summed E-state index contributed by atoms with van der Waals surface area (Å²) in [6.07, 6.45) is 3.54. The summed E-state index contributed by atoms with van der Waals surface area (Å²) in [7, 11) is -1.67. The third-order valence-electron chi connectivity index (χ3n) is 5.69. The van der Waals surface area contributed by atoms with Gasteiger partial charge in [-0.25, -0.2) is 12.7 Å². The van der Waals surface area contributed by atoms with Crippen LogP contribution in [-0.4, -0.2) is 57.9 Å². The van der Waals surface area contributed by atoms with Crippen LogP contribution >= 0.6 is 0 Å². The van der Waals surface area contributed by atoms with Gasteiger partial charge in [0.15, 0.2) is 0 Å². The number of ether oxygens (including phenoxy) is 1. The first-order valence-electron chi connectivity index (χ1n) is 9.34. The fourth-order valence-corrected chi connectivity index (χ4v) is 5.83. The molecule has 5 nitrogen and oxygen atoms in total. The van der Waals surface area contributed by atoms with Gasteiger partial charge in [-0.15, -0.1) is 0 Å². The number of sulfonamides is 1. The van der Waals surface area contributed by atoms with E-state index in [2.05, 4.69) is 5.32 Å². The molecule has 2 heterocycles. The highest BCUT2D eigenvalue weighted by Gasteiger charge is 2.33. The van der Waals surface area contributed by atoms with Crippen molar-refractivity contribution in [1.82, 2.24) is 9.62 Å². The van der Waals surface area contributed by atoms with Crippen LogP contribution in [0.15, 0.2) is 30.3 Å². The predicted molar refractivity (Wildman–Crippen MR) is 100 cm³/mol. The second-order valence-corrected chi connectivity index (χ2v) is 9.33. The molecule has 25 heavy (non-hydrogen) atoms. The molecule has 0 amide bonds. The van der Waals surface area contributed by atoms with E-state index < -0.39 is 10.0 Å². The van der Waals surface area contributed by atoms with Crippen LogP contribution in [0.5, 0.6) is 0 Å². The summed E-state index contributed by atoms with van der Waals surface area (Å²) in [4.78, 5) is 0. The minimum Gasteiger partial charge on any atom is -0.380 e. The van der Waals surface area contributed by atoms with Crippen LogP contribution in [0.2, 0.25) is 0 Å². The van der Waals surface area contributed by atoms with Gasteiger partial charge >= 0.3 is 0 Å². The van der Waals surface area contributed by atoms with Gasteiger partial charge in [-0.05, 0) is 56.2 Å². The zero-order chi connectivity index (χ0) is 17.7. The maximum atomic E-state index is 12.8. The summed E-state index contributed by atoms with van der Waals surface area (Å²) in [6.45, 7) is 3.52.